The molecule has 1 unspecified atom stereocenters. The van der Waals surface area contributed by atoms with E-state index in [-0.39, 0.29) is 12.1 Å². The van der Waals surface area contributed by atoms with Gasteiger partial charge in [0.05, 0.1) is 17.1 Å². The molecule has 1 aliphatic rings. The highest BCUT2D eigenvalue weighted by atomic mass is 19.3. The lowest BCUT2D eigenvalue weighted by atomic mass is 9.92. The molecule has 4 rings (SSSR count). The fraction of sp³-hybridized carbons (Fsp3) is 0.375. The average molecular weight is 409 g/mol. The summed E-state index contributed by atoms with van der Waals surface area (Å²) in [5, 5.41) is 21.1. The Kier molecular flexibility index (Phi) is 5.85. The number of benzene rings is 2. The zero-order valence-electron chi connectivity index (χ0n) is 16.8. The van der Waals surface area contributed by atoms with Crippen LogP contribution in [0.4, 0.5) is 8.78 Å². The molecule has 1 N–H and O–H groups in total. The normalized spacial score (nSPS) is 17.2. The van der Waals surface area contributed by atoms with Crippen LogP contribution in [0.1, 0.15) is 36.0 Å². The lowest BCUT2D eigenvalue weighted by molar-refractivity contribution is -0.118. The smallest absolute Gasteiger partial charge is 0.272 e. The highest BCUT2D eigenvalue weighted by molar-refractivity contribution is 5.86. The second-order valence-corrected chi connectivity index (χ2v) is 8.06. The van der Waals surface area contributed by atoms with Crippen LogP contribution in [-0.2, 0) is 12.1 Å². The van der Waals surface area contributed by atoms with Gasteiger partial charge in [-0.2, -0.15) is 5.26 Å². The van der Waals surface area contributed by atoms with Gasteiger partial charge in [-0.25, -0.2) is 8.78 Å². The zero-order chi connectivity index (χ0) is 21.1. The van der Waals surface area contributed by atoms with Crippen molar-refractivity contribution in [3.8, 4) is 6.07 Å². The van der Waals surface area contributed by atoms with Gasteiger partial charge in [0.1, 0.15) is 0 Å². The Hall–Kier alpha value is -2.75. The summed E-state index contributed by atoms with van der Waals surface area (Å²) in [4.78, 5) is 1.93. The Balaban J connectivity index is 1.81. The Bertz CT molecular complexity index is 1050. The van der Waals surface area contributed by atoms with E-state index >= 15 is 0 Å². The van der Waals surface area contributed by atoms with Crippen LogP contribution in [0.5, 0.6) is 0 Å². The van der Waals surface area contributed by atoms with Gasteiger partial charge in [0.25, 0.3) is 6.43 Å². The van der Waals surface area contributed by atoms with Crippen molar-refractivity contribution in [1.82, 2.24) is 9.47 Å². The van der Waals surface area contributed by atoms with Gasteiger partial charge in [0.15, 0.2) is 5.60 Å². The molecule has 1 saturated heterocycles. The quantitative estimate of drug-likeness (QED) is 0.652. The number of aliphatic hydroxyl groups is 1. The van der Waals surface area contributed by atoms with E-state index in [1.165, 1.54) is 0 Å². The number of nitriles is 1. The van der Waals surface area contributed by atoms with E-state index in [9.17, 15) is 19.1 Å². The molecule has 6 heteroatoms. The first-order valence-electron chi connectivity index (χ1n) is 10.3. The molecular formula is C24H25F2N3O. The Morgan fingerprint density at radius 1 is 1.07 bits per heavy atom. The summed E-state index contributed by atoms with van der Waals surface area (Å²) in [7, 11) is 0. The minimum absolute atomic E-state index is 0.102. The molecule has 0 radical (unpaired) electrons. The maximum atomic E-state index is 14.3. The molecule has 4 nitrogen and oxygen atoms in total. The van der Waals surface area contributed by atoms with Crippen LogP contribution < -0.4 is 0 Å². The topological polar surface area (TPSA) is 52.2 Å². The molecule has 0 amide bonds. The first-order valence-corrected chi connectivity index (χ1v) is 10.3. The highest BCUT2D eigenvalue weighted by Gasteiger charge is 2.43. The van der Waals surface area contributed by atoms with Gasteiger partial charge in [-0.05, 0) is 43.6 Å². The molecule has 0 bridgehead atoms. The van der Waals surface area contributed by atoms with Gasteiger partial charge >= 0.3 is 0 Å². The predicted octanol–water partition coefficient (Wildman–Crippen LogP) is 4.50. The van der Waals surface area contributed by atoms with Gasteiger partial charge in [0, 0.05) is 30.2 Å². The van der Waals surface area contributed by atoms with Gasteiger partial charge < -0.3 is 9.67 Å². The van der Waals surface area contributed by atoms with Crippen LogP contribution in [0.2, 0.25) is 0 Å². The fourth-order valence-electron chi connectivity index (χ4n) is 4.35. The molecule has 0 saturated carbocycles. The molecule has 3 aromatic rings. The molecule has 1 fully saturated rings. The molecule has 2 heterocycles. The third-order valence-electron chi connectivity index (χ3n) is 5.95. The van der Waals surface area contributed by atoms with Crippen molar-refractivity contribution in [2.24, 2.45) is 0 Å². The number of nitrogens with zero attached hydrogens (tertiary/aromatic N) is 3. The van der Waals surface area contributed by atoms with Crippen molar-refractivity contribution in [2.75, 3.05) is 19.6 Å². The molecule has 0 spiro atoms. The molecule has 1 aromatic heterocycles. The number of likely N-dealkylation sites (tertiary alicyclic amines) is 1. The summed E-state index contributed by atoms with van der Waals surface area (Å²) in [6, 6.07) is 16.8. The van der Waals surface area contributed by atoms with E-state index in [0.717, 1.165) is 37.9 Å². The molecule has 156 valence electrons. The Morgan fingerprint density at radius 2 is 1.80 bits per heavy atom. The van der Waals surface area contributed by atoms with Crippen LogP contribution in [-0.4, -0.2) is 40.6 Å². The third kappa shape index (κ3) is 3.96. The average Bonchev–Trinajstić information content (AvgIpc) is 3.13. The molecule has 30 heavy (non-hydrogen) atoms. The first-order chi connectivity index (χ1) is 14.5. The molecule has 2 aromatic carbocycles. The summed E-state index contributed by atoms with van der Waals surface area (Å²) < 4.78 is 30.4. The van der Waals surface area contributed by atoms with Crippen LogP contribution in [0.25, 0.3) is 10.9 Å². The van der Waals surface area contributed by atoms with Crippen molar-refractivity contribution < 1.29 is 13.9 Å². The number of fused-ring (bicyclic) bond motifs is 1. The van der Waals surface area contributed by atoms with Crippen LogP contribution in [0.15, 0.2) is 54.7 Å². The van der Waals surface area contributed by atoms with Gasteiger partial charge in [0.2, 0.25) is 0 Å². The number of aromatic nitrogens is 1. The predicted molar refractivity (Wildman–Crippen MR) is 112 cm³/mol. The monoisotopic (exact) mass is 409 g/mol. The summed E-state index contributed by atoms with van der Waals surface area (Å²) in [6.45, 7) is 1.80. The van der Waals surface area contributed by atoms with Crippen molar-refractivity contribution in [3.05, 3.63) is 71.4 Å². The van der Waals surface area contributed by atoms with Gasteiger partial charge in [-0.15, -0.1) is 0 Å². The fourth-order valence-corrected chi connectivity index (χ4v) is 4.35. The largest absolute Gasteiger partial charge is 0.378 e. The third-order valence-corrected chi connectivity index (χ3v) is 5.95. The second-order valence-electron chi connectivity index (χ2n) is 8.06. The lowest BCUT2D eigenvalue weighted by Gasteiger charge is -2.35. The minimum atomic E-state index is -2.93. The van der Waals surface area contributed by atoms with Gasteiger partial charge in [-0.3, -0.25) is 4.90 Å². The lowest BCUT2D eigenvalue weighted by Crippen LogP contribution is -2.47. The van der Waals surface area contributed by atoms with E-state index in [1.54, 1.807) is 24.4 Å². The number of hydrogen-bond donors (Lipinski definition) is 1. The van der Waals surface area contributed by atoms with E-state index in [4.69, 9.17) is 0 Å². The van der Waals surface area contributed by atoms with Crippen molar-refractivity contribution >= 4 is 10.9 Å². The van der Waals surface area contributed by atoms with E-state index in [0.29, 0.717) is 23.0 Å². The number of hydrogen-bond acceptors (Lipinski definition) is 3. The molecule has 0 aliphatic carbocycles. The minimum Gasteiger partial charge on any atom is -0.378 e. The summed E-state index contributed by atoms with van der Waals surface area (Å²) >= 11 is 0. The van der Waals surface area contributed by atoms with Crippen LogP contribution in [0.3, 0.4) is 0 Å². The number of piperidine rings is 1. The highest BCUT2D eigenvalue weighted by Crippen LogP contribution is 2.37. The number of halogens is 2. The Morgan fingerprint density at radius 3 is 2.47 bits per heavy atom. The Labute approximate surface area is 175 Å². The number of rotatable bonds is 6. The number of alkyl halides is 2. The summed E-state index contributed by atoms with van der Waals surface area (Å²) in [5.41, 5.74) is 0.0909. The maximum Gasteiger partial charge on any atom is 0.272 e. The van der Waals surface area contributed by atoms with Crippen molar-refractivity contribution in [1.29, 1.82) is 5.26 Å². The second kappa shape index (κ2) is 8.55. The first kappa shape index (κ1) is 20.5. The summed E-state index contributed by atoms with van der Waals surface area (Å²) in [5.74, 6) is 0. The molecule has 1 atom stereocenters. The summed E-state index contributed by atoms with van der Waals surface area (Å²) in [6.07, 6.45) is 1.72. The van der Waals surface area contributed by atoms with Crippen molar-refractivity contribution in [3.63, 3.8) is 0 Å². The molecule has 1 aliphatic heterocycles. The van der Waals surface area contributed by atoms with Gasteiger partial charge in [-0.1, -0.05) is 42.8 Å². The molecular weight excluding hydrogens is 384 g/mol. The van der Waals surface area contributed by atoms with Crippen molar-refractivity contribution in [2.45, 2.75) is 37.8 Å². The van der Waals surface area contributed by atoms with E-state index < -0.39 is 12.0 Å². The van der Waals surface area contributed by atoms with E-state index in [1.807, 2.05) is 39.8 Å². The maximum absolute atomic E-state index is 14.3. The van der Waals surface area contributed by atoms with E-state index in [2.05, 4.69) is 6.07 Å². The SMILES string of the molecule is N#Cc1ccc2c(C(O)(CN3CCCCC3)C(F)F)cn(Cc3ccccc3)c2c1. The van der Waals surface area contributed by atoms with Crippen LogP contribution >= 0.6 is 0 Å². The standard InChI is InChI=1S/C24H25F2N3O/c25-23(26)24(30,17-28-11-5-2-6-12-28)21-16-29(15-18-7-3-1-4-8-18)22-13-19(14-27)9-10-20(21)22/h1,3-4,7-10,13,16,23,30H,2,5-6,11-12,15,17H2. The van der Waals surface area contributed by atoms with Crippen LogP contribution in [0, 0.1) is 11.3 Å². The zero-order valence-corrected chi connectivity index (χ0v) is 16.8. The number of β-amino-alcohol motifs (C(OH)–C–C–N with tert-alkyl or cyclic N) is 1.